The number of hydrogen-bond acceptors (Lipinski definition) is 4. The molecule has 40 heavy (non-hydrogen) atoms. The van der Waals surface area contributed by atoms with Crippen LogP contribution in [0.5, 0.6) is 0 Å². The molecule has 208 valence electrons. The number of thioether (sulfide) groups is 1. The van der Waals surface area contributed by atoms with Crippen molar-refractivity contribution in [2.75, 3.05) is 18.5 Å². The number of carbonyl (C=O) groups is 2. The smallest absolute Gasteiger partial charge is 0.265 e. The molecule has 0 unspecified atom stereocenters. The summed E-state index contributed by atoms with van der Waals surface area (Å²) < 4.78 is 0. The number of fused-ring (bicyclic) bond motifs is 1. The van der Waals surface area contributed by atoms with Crippen LogP contribution in [0, 0.1) is 6.92 Å². The molecule has 1 amide bonds. The molecule has 0 aromatic heterocycles. The maximum Gasteiger partial charge on any atom is 0.265 e. The van der Waals surface area contributed by atoms with Crippen LogP contribution in [0.4, 0.5) is 5.69 Å². The molecule has 3 aromatic rings. The molecule has 1 aliphatic heterocycles. The molecular formula is C35H40N2O2S. The molecule has 5 rings (SSSR count). The van der Waals surface area contributed by atoms with E-state index in [9.17, 15) is 9.59 Å². The molecule has 0 spiro atoms. The zero-order valence-electron chi connectivity index (χ0n) is 23.8. The van der Waals surface area contributed by atoms with Crippen molar-refractivity contribution in [3.05, 3.63) is 100.0 Å². The minimum absolute atomic E-state index is 0.0294. The van der Waals surface area contributed by atoms with Gasteiger partial charge in [0.25, 0.3) is 5.91 Å². The lowest BCUT2D eigenvalue weighted by atomic mass is 9.94. The van der Waals surface area contributed by atoms with Crippen molar-refractivity contribution in [3.63, 3.8) is 0 Å². The van der Waals surface area contributed by atoms with Crippen LogP contribution in [-0.4, -0.2) is 36.2 Å². The Bertz CT molecular complexity index is 1360. The van der Waals surface area contributed by atoms with Gasteiger partial charge in [0.2, 0.25) is 0 Å². The van der Waals surface area contributed by atoms with Gasteiger partial charge in [0.05, 0.1) is 17.1 Å². The lowest BCUT2D eigenvalue weighted by molar-refractivity contribution is -0.114. The van der Waals surface area contributed by atoms with E-state index in [0.717, 1.165) is 46.7 Å². The summed E-state index contributed by atoms with van der Waals surface area (Å²) in [5.41, 5.74) is 4.75. The van der Waals surface area contributed by atoms with Crippen molar-refractivity contribution in [1.82, 2.24) is 4.90 Å². The number of benzene rings is 3. The van der Waals surface area contributed by atoms with Gasteiger partial charge in [-0.1, -0.05) is 97.3 Å². The molecule has 0 atom stereocenters. The Kier molecular flexibility index (Phi) is 9.56. The van der Waals surface area contributed by atoms with Gasteiger partial charge in [0, 0.05) is 22.9 Å². The number of rotatable bonds is 10. The molecule has 1 saturated carbocycles. The normalized spacial score (nSPS) is 16.9. The fraction of sp³-hybridized carbons (Fsp3) is 0.371. The second kappa shape index (κ2) is 13.5. The summed E-state index contributed by atoms with van der Waals surface area (Å²) in [6.07, 6.45) is 11.1. The number of carbonyl (C=O) groups excluding carboxylic acids is 2. The first kappa shape index (κ1) is 28.4. The Labute approximate surface area is 243 Å². The van der Waals surface area contributed by atoms with Gasteiger partial charge in [-0.25, -0.2) is 0 Å². The Morgan fingerprint density at radius 2 is 1.77 bits per heavy atom. The first-order valence-corrected chi connectivity index (χ1v) is 15.5. The maximum atomic E-state index is 13.8. The quantitative estimate of drug-likeness (QED) is 0.144. The van der Waals surface area contributed by atoms with Gasteiger partial charge in [-0.3, -0.25) is 9.59 Å². The van der Waals surface area contributed by atoms with Crippen LogP contribution in [0.1, 0.15) is 78.4 Å². The number of nitrogens with zero attached hydrogens (tertiary/aromatic N) is 2. The third-order valence-electron chi connectivity index (χ3n) is 8.13. The summed E-state index contributed by atoms with van der Waals surface area (Å²) in [4.78, 5) is 33.1. The molecular weight excluding hydrogens is 512 g/mol. The van der Waals surface area contributed by atoms with Crippen molar-refractivity contribution in [2.45, 2.75) is 75.8 Å². The van der Waals surface area contributed by atoms with E-state index >= 15 is 0 Å². The van der Waals surface area contributed by atoms with Crippen molar-refractivity contribution in [3.8, 4) is 0 Å². The van der Waals surface area contributed by atoms with Crippen LogP contribution in [-0.2, 0) is 11.3 Å². The van der Waals surface area contributed by atoms with E-state index in [4.69, 9.17) is 0 Å². The third-order valence-corrected chi connectivity index (χ3v) is 9.21. The molecule has 3 aromatic carbocycles. The Morgan fingerprint density at radius 3 is 2.55 bits per heavy atom. The highest BCUT2D eigenvalue weighted by Gasteiger charge is 2.30. The van der Waals surface area contributed by atoms with E-state index in [0.29, 0.717) is 29.5 Å². The molecule has 1 heterocycles. The van der Waals surface area contributed by atoms with Crippen LogP contribution >= 0.6 is 11.8 Å². The van der Waals surface area contributed by atoms with E-state index in [1.54, 1.807) is 0 Å². The van der Waals surface area contributed by atoms with Gasteiger partial charge in [0.1, 0.15) is 0 Å². The summed E-state index contributed by atoms with van der Waals surface area (Å²) in [7, 11) is 2.24. The van der Waals surface area contributed by atoms with Crippen LogP contribution < -0.4 is 4.90 Å². The fourth-order valence-corrected chi connectivity index (χ4v) is 6.87. The summed E-state index contributed by atoms with van der Waals surface area (Å²) in [6, 6.07) is 24.8. The van der Waals surface area contributed by atoms with Crippen molar-refractivity contribution in [2.24, 2.45) is 0 Å². The van der Waals surface area contributed by atoms with E-state index < -0.39 is 0 Å². The zero-order valence-corrected chi connectivity index (χ0v) is 24.6. The molecule has 4 nitrogen and oxygen atoms in total. The van der Waals surface area contributed by atoms with E-state index in [1.165, 1.54) is 43.9 Å². The zero-order chi connectivity index (χ0) is 27.9. The largest absolute Gasteiger partial charge is 0.303 e. The van der Waals surface area contributed by atoms with Gasteiger partial charge in [-0.15, -0.1) is 0 Å². The predicted molar refractivity (Wildman–Crippen MR) is 167 cm³/mol. The number of hydrogen-bond donors (Lipinski definition) is 0. The number of Topliss-reactive ketones (excluding diaryl/α,β-unsaturated/α-hetero) is 1. The second-order valence-electron chi connectivity index (χ2n) is 11.2. The molecule has 5 heteroatoms. The average Bonchev–Trinajstić information content (AvgIpc) is 2.98. The number of ketones is 1. The van der Waals surface area contributed by atoms with Crippen molar-refractivity contribution < 1.29 is 9.59 Å². The number of unbranched alkanes of at least 4 members (excludes halogenated alkanes) is 1. The average molecular weight is 553 g/mol. The summed E-state index contributed by atoms with van der Waals surface area (Å²) in [6.45, 7) is 3.58. The van der Waals surface area contributed by atoms with Crippen LogP contribution in [0.3, 0.4) is 0 Å². The standard InChI is InChI=1S/C35H40N2O2S/c1-26-12-11-15-28(22-26)25-37-31-24-29(32(38)18-9-10-21-36(2)30-16-7-4-8-17-30)19-20-33(31)40-34(35(37)39)23-27-13-5-3-6-14-27/h3,5-6,11-15,19-20,22-24,30H,4,7-10,16-18,21,25H2,1-2H3/b34-23-. The van der Waals surface area contributed by atoms with Gasteiger partial charge in [-0.2, -0.15) is 0 Å². The minimum Gasteiger partial charge on any atom is -0.303 e. The van der Waals surface area contributed by atoms with Gasteiger partial charge < -0.3 is 9.80 Å². The predicted octanol–water partition coefficient (Wildman–Crippen LogP) is 8.29. The van der Waals surface area contributed by atoms with Crippen molar-refractivity contribution >= 4 is 35.2 Å². The summed E-state index contributed by atoms with van der Waals surface area (Å²) in [5, 5.41) is 0. The van der Waals surface area contributed by atoms with E-state index in [1.807, 2.05) is 65.6 Å². The molecule has 1 aliphatic carbocycles. The first-order chi connectivity index (χ1) is 19.5. The van der Waals surface area contributed by atoms with Crippen molar-refractivity contribution in [1.29, 1.82) is 0 Å². The Morgan fingerprint density at radius 1 is 0.975 bits per heavy atom. The summed E-state index contributed by atoms with van der Waals surface area (Å²) in [5.74, 6) is 0.125. The molecule has 0 radical (unpaired) electrons. The Balaban J connectivity index is 1.31. The van der Waals surface area contributed by atoms with Gasteiger partial charge >= 0.3 is 0 Å². The highest BCUT2D eigenvalue weighted by Crippen LogP contribution is 2.43. The van der Waals surface area contributed by atoms with E-state index in [-0.39, 0.29) is 11.7 Å². The third kappa shape index (κ3) is 7.13. The first-order valence-electron chi connectivity index (χ1n) is 14.7. The lowest BCUT2D eigenvalue weighted by Crippen LogP contribution is -2.34. The Hall–Kier alpha value is -3.15. The second-order valence-corrected chi connectivity index (χ2v) is 12.3. The fourth-order valence-electron chi connectivity index (χ4n) is 5.83. The van der Waals surface area contributed by atoms with Crippen LogP contribution in [0.25, 0.3) is 6.08 Å². The van der Waals surface area contributed by atoms with Gasteiger partial charge in [-0.05, 0) is 75.5 Å². The van der Waals surface area contributed by atoms with E-state index in [2.05, 4.69) is 37.1 Å². The maximum absolute atomic E-state index is 13.8. The lowest BCUT2D eigenvalue weighted by Gasteiger charge is -2.31. The highest BCUT2D eigenvalue weighted by molar-refractivity contribution is 8.04. The molecule has 2 aliphatic rings. The number of anilines is 1. The SMILES string of the molecule is Cc1cccc(CN2C(=O)/C(=C/c3ccccc3)Sc3ccc(C(=O)CCCCN(C)C4CCCCC4)cc32)c1. The summed E-state index contributed by atoms with van der Waals surface area (Å²) >= 11 is 1.49. The van der Waals surface area contributed by atoms with Crippen LogP contribution in [0.2, 0.25) is 0 Å². The van der Waals surface area contributed by atoms with Crippen LogP contribution in [0.15, 0.2) is 82.6 Å². The monoisotopic (exact) mass is 552 g/mol. The highest BCUT2D eigenvalue weighted by atomic mass is 32.2. The molecule has 0 N–H and O–H groups in total. The molecule has 0 saturated heterocycles. The number of aryl methyl sites for hydroxylation is 1. The van der Waals surface area contributed by atoms with Gasteiger partial charge in [0.15, 0.2) is 5.78 Å². The number of amides is 1. The minimum atomic E-state index is -0.0294. The molecule has 1 fully saturated rings. The topological polar surface area (TPSA) is 40.6 Å². The molecule has 0 bridgehead atoms.